The summed E-state index contributed by atoms with van der Waals surface area (Å²) in [6.07, 6.45) is 5.03. The highest BCUT2D eigenvalue weighted by molar-refractivity contribution is 5.27. The van der Waals surface area contributed by atoms with Crippen LogP contribution < -0.4 is 4.74 Å². The van der Waals surface area contributed by atoms with Crippen LogP contribution in [0.1, 0.15) is 45.1 Å². The third-order valence-corrected chi connectivity index (χ3v) is 5.43. The molecule has 1 atom stereocenters. The number of benzene rings is 1. The molecule has 1 aliphatic carbocycles. The maximum absolute atomic E-state index is 10.3. The Bertz CT molecular complexity index is 485. The van der Waals surface area contributed by atoms with Crippen LogP contribution in [0.2, 0.25) is 0 Å². The van der Waals surface area contributed by atoms with Crippen molar-refractivity contribution in [3.8, 4) is 5.75 Å². The molecule has 1 saturated heterocycles. The Morgan fingerprint density at radius 3 is 2.43 bits per heavy atom. The Kier molecular flexibility index (Phi) is 3.74. The quantitative estimate of drug-likeness (QED) is 0.924. The van der Waals surface area contributed by atoms with Gasteiger partial charge in [-0.1, -0.05) is 12.1 Å². The van der Waals surface area contributed by atoms with Crippen molar-refractivity contribution in [3.63, 3.8) is 0 Å². The zero-order valence-electron chi connectivity index (χ0n) is 13.4. The van der Waals surface area contributed by atoms with Crippen molar-refractivity contribution in [2.75, 3.05) is 13.7 Å². The second kappa shape index (κ2) is 5.29. The molecule has 2 fully saturated rings. The molecule has 1 unspecified atom stereocenters. The van der Waals surface area contributed by atoms with Gasteiger partial charge in [-0.3, -0.25) is 4.90 Å². The Hall–Kier alpha value is -1.06. The third-order valence-electron chi connectivity index (χ3n) is 5.43. The normalized spacial score (nSPS) is 25.0. The van der Waals surface area contributed by atoms with Crippen LogP contribution in [-0.2, 0) is 6.54 Å². The minimum Gasteiger partial charge on any atom is -0.497 e. The summed E-state index contributed by atoms with van der Waals surface area (Å²) in [6.45, 7) is 5.90. The largest absolute Gasteiger partial charge is 0.497 e. The number of hydrogen-bond acceptors (Lipinski definition) is 3. The fourth-order valence-electron chi connectivity index (χ4n) is 3.62. The molecular weight excluding hydrogens is 262 g/mol. The van der Waals surface area contributed by atoms with Crippen LogP contribution in [0.15, 0.2) is 24.3 Å². The number of likely N-dealkylation sites (tertiary alicyclic amines) is 1. The topological polar surface area (TPSA) is 32.7 Å². The summed E-state index contributed by atoms with van der Waals surface area (Å²) in [6, 6.07) is 8.38. The summed E-state index contributed by atoms with van der Waals surface area (Å²) in [4.78, 5) is 2.61. The molecule has 1 heterocycles. The number of nitrogens with zero attached hydrogens (tertiary/aromatic N) is 1. The zero-order chi connectivity index (χ0) is 15.1. The van der Waals surface area contributed by atoms with Crippen molar-refractivity contribution in [3.05, 3.63) is 29.8 Å². The van der Waals surface area contributed by atoms with Crippen molar-refractivity contribution in [2.45, 2.75) is 57.2 Å². The fraction of sp³-hybridized carbons (Fsp3) is 0.667. The second-order valence-electron chi connectivity index (χ2n) is 7.34. The molecule has 1 spiro atoms. The van der Waals surface area contributed by atoms with Gasteiger partial charge in [0.05, 0.1) is 12.7 Å². The first-order valence-corrected chi connectivity index (χ1v) is 8.03. The van der Waals surface area contributed by atoms with Gasteiger partial charge in [0, 0.05) is 18.6 Å². The van der Waals surface area contributed by atoms with Crippen molar-refractivity contribution in [2.24, 2.45) is 5.92 Å². The highest BCUT2D eigenvalue weighted by Gasteiger charge is 2.52. The maximum atomic E-state index is 10.3. The van der Waals surface area contributed by atoms with Gasteiger partial charge in [0.25, 0.3) is 0 Å². The van der Waals surface area contributed by atoms with Crippen molar-refractivity contribution >= 4 is 0 Å². The Morgan fingerprint density at radius 2 is 1.90 bits per heavy atom. The lowest BCUT2D eigenvalue weighted by molar-refractivity contribution is -0.0403. The molecule has 0 radical (unpaired) electrons. The van der Waals surface area contributed by atoms with Crippen LogP contribution in [0.5, 0.6) is 5.75 Å². The number of aliphatic hydroxyl groups is 1. The average Bonchev–Trinajstić information content (AvgIpc) is 3.22. The van der Waals surface area contributed by atoms with Gasteiger partial charge in [-0.15, -0.1) is 0 Å². The molecule has 0 amide bonds. The minimum atomic E-state index is -0.575. The Labute approximate surface area is 127 Å². The number of ether oxygens (including phenoxy) is 1. The van der Waals surface area contributed by atoms with E-state index in [1.54, 1.807) is 7.11 Å². The molecule has 21 heavy (non-hydrogen) atoms. The van der Waals surface area contributed by atoms with Crippen LogP contribution in [0, 0.1) is 5.92 Å². The molecule has 0 bridgehead atoms. The molecule has 3 heteroatoms. The molecule has 1 N–H and O–H groups in total. The van der Waals surface area contributed by atoms with Gasteiger partial charge in [0.1, 0.15) is 5.75 Å². The summed E-state index contributed by atoms with van der Waals surface area (Å²) in [5.41, 5.74) is 1.19. The third kappa shape index (κ3) is 3.09. The molecule has 1 saturated carbocycles. The lowest BCUT2D eigenvalue weighted by Gasteiger charge is -2.44. The summed E-state index contributed by atoms with van der Waals surface area (Å²) in [5, 5.41) is 10.3. The van der Waals surface area contributed by atoms with E-state index in [1.165, 1.54) is 24.8 Å². The fourth-order valence-corrected chi connectivity index (χ4v) is 3.62. The number of methoxy groups -OCH3 is 1. The zero-order valence-corrected chi connectivity index (χ0v) is 13.4. The summed E-state index contributed by atoms with van der Waals surface area (Å²) < 4.78 is 5.23. The predicted octanol–water partition coefficient (Wildman–Crippen LogP) is 3.21. The van der Waals surface area contributed by atoms with E-state index >= 15 is 0 Å². The van der Waals surface area contributed by atoms with E-state index in [4.69, 9.17) is 4.74 Å². The van der Waals surface area contributed by atoms with Gasteiger partial charge in [0.15, 0.2) is 0 Å². The highest BCUT2D eigenvalue weighted by atomic mass is 16.5. The molecule has 1 aromatic carbocycles. The lowest BCUT2D eigenvalue weighted by atomic mass is 9.81. The average molecular weight is 289 g/mol. The molecule has 0 aromatic heterocycles. The van der Waals surface area contributed by atoms with Crippen molar-refractivity contribution in [1.82, 2.24) is 4.90 Å². The Balaban J connectivity index is 1.72. The molecule has 2 aliphatic rings. The SMILES string of the molecule is COc1ccc(CN2CC(C(C)(C)O)CCC23CC3)cc1. The first-order chi connectivity index (χ1) is 9.93. The summed E-state index contributed by atoms with van der Waals surface area (Å²) in [5.74, 6) is 1.29. The van der Waals surface area contributed by atoms with E-state index in [0.29, 0.717) is 11.5 Å². The standard InChI is InChI=1S/C18H27NO2/c1-17(2,20)15-8-9-18(10-11-18)19(13-15)12-14-4-6-16(21-3)7-5-14/h4-7,15,20H,8-13H2,1-3H3. The number of rotatable bonds is 4. The van der Waals surface area contributed by atoms with Gasteiger partial charge in [-0.05, 0) is 63.1 Å². The second-order valence-corrected chi connectivity index (χ2v) is 7.34. The summed E-state index contributed by atoms with van der Waals surface area (Å²) >= 11 is 0. The molecule has 1 aromatic rings. The Morgan fingerprint density at radius 1 is 1.24 bits per heavy atom. The van der Waals surface area contributed by atoms with Crippen molar-refractivity contribution < 1.29 is 9.84 Å². The first kappa shape index (κ1) is 14.9. The molecule has 116 valence electrons. The van der Waals surface area contributed by atoms with Crippen LogP contribution >= 0.6 is 0 Å². The van der Waals surface area contributed by atoms with Crippen LogP contribution in [0.25, 0.3) is 0 Å². The van der Waals surface area contributed by atoms with Gasteiger partial charge in [-0.2, -0.15) is 0 Å². The monoisotopic (exact) mass is 289 g/mol. The maximum Gasteiger partial charge on any atom is 0.118 e. The molecule has 1 aliphatic heterocycles. The molecule has 3 rings (SSSR count). The van der Waals surface area contributed by atoms with Crippen LogP contribution in [0.4, 0.5) is 0 Å². The van der Waals surface area contributed by atoms with Crippen LogP contribution in [0.3, 0.4) is 0 Å². The lowest BCUT2D eigenvalue weighted by Crippen LogP contribution is -2.50. The van der Waals surface area contributed by atoms with Gasteiger partial charge in [0.2, 0.25) is 0 Å². The van der Waals surface area contributed by atoms with E-state index < -0.39 is 5.60 Å². The van der Waals surface area contributed by atoms with Gasteiger partial charge >= 0.3 is 0 Å². The minimum absolute atomic E-state index is 0.377. The van der Waals surface area contributed by atoms with Gasteiger partial charge < -0.3 is 9.84 Å². The first-order valence-electron chi connectivity index (χ1n) is 8.03. The molecular formula is C18H27NO2. The molecule has 3 nitrogen and oxygen atoms in total. The van der Waals surface area contributed by atoms with Crippen molar-refractivity contribution in [1.29, 1.82) is 0 Å². The number of hydrogen-bond donors (Lipinski definition) is 1. The van der Waals surface area contributed by atoms with E-state index in [2.05, 4.69) is 17.0 Å². The smallest absolute Gasteiger partial charge is 0.118 e. The number of piperidine rings is 1. The predicted molar refractivity (Wildman–Crippen MR) is 84.4 cm³/mol. The van der Waals surface area contributed by atoms with E-state index in [9.17, 15) is 5.11 Å². The van der Waals surface area contributed by atoms with E-state index in [0.717, 1.165) is 25.3 Å². The van der Waals surface area contributed by atoms with Crippen LogP contribution in [-0.4, -0.2) is 34.8 Å². The summed E-state index contributed by atoms with van der Waals surface area (Å²) in [7, 11) is 1.70. The van der Waals surface area contributed by atoms with E-state index in [1.807, 2.05) is 26.0 Å². The van der Waals surface area contributed by atoms with Gasteiger partial charge in [-0.25, -0.2) is 0 Å². The van der Waals surface area contributed by atoms with E-state index in [-0.39, 0.29) is 0 Å². The highest BCUT2D eigenvalue weighted by Crippen LogP contribution is 2.51.